The lowest BCUT2D eigenvalue weighted by Crippen LogP contribution is -2.55. The van der Waals surface area contributed by atoms with Crippen LogP contribution >= 0.6 is 8.20 Å². The lowest BCUT2D eigenvalue weighted by Gasteiger charge is -2.56. The van der Waals surface area contributed by atoms with Gasteiger partial charge in [-0.3, -0.25) is 0 Å². The van der Waals surface area contributed by atoms with E-state index in [-0.39, 0.29) is 27.6 Å². The van der Waals surface area contributed by atoms with Crippen molar-refractivity contribution >= 4 is 13.7 Å². The van der Waals surface area contributed by atoms with Gasteiger partial charge in [0.15, 0.2) is 0 Å². The highest BCUT2D eigenvalue weighted by molar-refractivity contribution is 7.42. The van der Waals surface area contributed by atoms with Gasteiger partial charge in [-0.25, -0.2) is 0 Å². The highest BCUT2D eigenvalue weighted by Gasteiger charge is 2.54. The van der Waals surface area contributed by atoms with Crippen LogP contribution in [0, 0.1) is 16.7 Å². The summed E-state index contributed by atoms with van der Waals surface area (Å²) in [6.07, 6.45) is 4.46. The third-order valence-electron chi connectivity index (χ3n) is 6.15. The predicted molar refractivity (Wildman–Crippen MR) is 107 cm³/mol. The zero-order valence-electron chi connectivity index (χ0n) is 16.7. The van der Waals surface area contributed by atoms with Gasteiger partial charge in [-0.2, -0.15) is 0 Å². The molecule has 0 N–H and O–H groups in total. The van der Waals surface area contributed by atoms with Gasteiger partial charge in [0.1, 0.15) is 0 Å². The lowest BCUT2D eigenvalue weighted by atomic mass is 9.56. The minimum atomic E-state index is -0.235. The number of hydrogen-bond acceptors (Lipinski definition) is 2. The Balaban J connectivity index is 2.39. The van der Waals surface area contributed by atoms with Gasteiger partial charge in [-0.1, -0.05) is 84.0 Å². The average molecular weight is 359 g/mol. The summed E-state index contributed by atoms with van der Waals surface area (Å²) < 4.78 is 6.20. The van der Waals surface area contributed by atoms with Crippen LogP contribution in [0.4, 0.5) is 0 Å². The minimum Gasteiger partial charge on any atom is -0.824 e. The predicted octanol–water partition coefficient (Wildman–Crippen LogP) is 4.89. The van der Waals surface area contributed by atoms with Gasteiger partial charge in [0.05, 0.1) is 6.10 Å². The number of allylic oxidation sites excluding steroid dienone is 1. The SMILES string of the molecule is CC(C)COC1C=CC(C)(P=C([O-])c2ccccc2)C(C)(C)C1(C)C. The molecule has 138 valence electrons. The van der Waals surface area contributed by atoms with Crippen molar-refractivity contribution in [2.24, 2.45) is 16.7 Å². The molecule has 0 saturated heterocycles. The second kappa shape index (κ2) is 7.35. The van der Waals surface area contributed by atoms with Crippen molar-refractivity contribution in [3.05, 3.63) is 48.0 Å². The Labute approximate surface area is 155 Å². The molecule has 2 nitrogen and oxygen atoms in total. The van der Waals surface area contributed by atoms with Crippen LogP contribution < -0.4 is 5.11 Å². The summed E-state index contributed by atoms with van der Waals surface area (Å²) in [7, 11) is 0.820. The molecule has 0 saturated carbocycles. The summed E-state index contributed by atoms with van der Waals surface area (Å²) in [4.78, 5) is 0. The molecule has 1 aliphatic carbocycles. The monoisotopic (exact) mass is 359 g/mol. The van der Waals surface area contributed by atoms with Crippen molar-refractivity contribution in [2.45, 2.75) is 59.7 Å². The average Bonchev–Trinajstić information content (AvgIpc) is 2.53. The Hall–Kier alpha value is -0.950. The van der Waals surface area contributed by atoms with E-state index in [9.17, 15) is 5.11 Å². The van der Waals surface area contributed by atoms with E-state index in [2.05, 4.69) is 60.6 Å². The van der Waals surface area contributed by atoms with Gasteiger partial charge < -0.3 is 9.84 Å². The first kappa shape index (κ1) is 20.4. The second-order valence-corrected chi connectivity index (χ2v) is 10.3. The zero-order chi connectivity index (χ0) is 18.9. The van der Waals surface area contributed by atoms with Crippen LogP contribution in [0.3, 0.4) is 0 Å². The lowest BCUT2D eigenvalue weighted by molar-refractivity contribution is -0.207. The van der Waals surface area contributed by atoms with Gasteiger partial charge >= 0.3 is 0 Å². The number of benzene rings is 1. The summed E-state index contributed by atoms with van der Waals surface area (Å²) in [6, 6.07) is 9.59. The molecule has 2 unspecified atom stereocenters. The molecule has 0 radical (unpaired) electrons. The molecule has 0 aromatic heterocycles. The number of hydrogen-bond donors (Lipinski definition) is 0. The fourth-order valence-electron chi connectivity index (χ4n) is 3.32. The Bertz CT molecular complexity index is 643. The van der Waals surface area contributed by atoms with Crippen LogP contribution in [0.15, 0.2) is 42.5 Å². The molecule has 1 aromatic rings. The Morgan fingerprint density at radius 2 is 1.72 bits per heavy atom. The van der Waals surface area contributed by atoms with E-state index in [1.165, 1.54) is 0 Å². The molecule has 0 amide bonds. The summed E-state index contributed by atoms with van der Waals surface area (Å²) in [5, 5.41) is 12.6. The first-order valence-corrected chi connectivity index (χ1v) is 10.0. The van der Waals surface area contributed by atoms with Crippen LogP contribution in [0.1, 0.15) is 54.0 Å². The standard InChI is InChI=1S/C22H33O2P/c1-16(2)15-24-18-13-14-22(7,21(5,6)20(18,3)4)25-19(23)17-11-9-8-10-12-17/h8-14,16,18,23H,15H2,1-7H3/p-1. The van der Waals surface area contributed by atoms with Gasteiger partial charge in [0.2, 0.25) is 0 Å². The van der Waals surface area contributed by atoms with Crippen LogP contribution in [0.25, 0.3) is 0 Å². The van der Waals surface area contributed by atoms with E-state index in [4.69, 9.17) is 4.74 Å². The van der Waals surface area contributed by atoms with Crippen molar-refractivity contribution in [1.29, 1.82) is 0 Å². The molecule has 2 atom stereocenters. The molecule has 0 aliphatic heterocycles. The van der Waals surface area contributed by atoms with Crippen LogP contribution in [-0.4, -0.2) is 23.3 Å². The Morgan fingerprint density at radius 1 is 1.12 bits per heavy atom. The first-order valence-electron chi connectivity index (χ1n) is 9.14. The maximum atomic E-state index is 12.8. The number of rotatable bonds is 5. The molecule has 1 aromatic carbocycles. The summed E-state index contributed by atoms with van der Waals surface area (Å²) >= 11 is 0. The normalized spacial score (nSPS) is 28.4. The molecule has 0 heterocycles. The van der Waals surface area contributed by atoms with Crippen molar-refractivity contribution in [3.63, 3.8) is 0 Å². The summed E-state index contributed by atoms with van der Waals surface area (Å²) in [6.45, 7) is 16.4. The highest BCUT2D eigenvalue weighted by Crippen LogP contribution is 2.58. The Kier molecular flexibility index (Phi) is 5.99. The minimum absolute atomic E-state index is 0.0694. The Morgan fingerprint density at radius 3 is 2.28 bits per heavy atom. The first-order chi connectivity index (χ1) is 11.5. The maximum absolute atomic E-state index is 12.8. The number of ether oxygens (including phenoxy) is 1. The van der Waals surface area contributed by atoms with Crippen molar-refractivity contribution in [3.8, 4) is 0 Å². The van der Waals surface area contributed by atoms with E-state index in [1.807, 2.05) is 30.3 Å². The molecule has 3 heteroatoms. The summed E-state index contributed by atoms with van der Waals surface area (Å²) in [5.74, 6) is 0.512. The summed E-state index contributed by atoms with van der Waals surface area (Å²) in [5.41, 5.74) is 0.793. The fraction of sp³-hybridized carbons (Fsp3) is 0.591. The molecular formula is C22H32O2P-. The van der Waals surface area contributed by atoms with Gasteiger partial charge in [0.25, 0.3) is 0 Å². The van der Waals surface area contributed by atoms with Crippen LogP contribution in [0.5, 0.6) is 0 Å². The molecule has 0 bridgehead atoms. The van der Waals surface area contributed by atoms with E-state index in [0.29, 0.717) is 5.92 Å². The van der Waals surface area contributed by atoms with E-state index >= 15 is 0 Å². The quantitative estimate of drug-likeness (QED) is 0.554. The van der Waals surface area contributed by atoms with Crippen LogP contribution in [0.2, 0.25) is 0 Å². The zero-order valence-corrected chi connectivity index (χ0v) is 17.6. The molecule has 1 aliphatic rings. The smallest absolute Gasteiger partial charge is 0.0812 e. The molecular weight excluding hydrogens is 327 g/mol. The maximum Gasteiger partial charge on any atom is 0.0812 e. The van der Waals surface area contributed by atoms with E-state index < -0.39 is 0 Å². The third kappa shape index (κ3) is 3.92. The highest BCUT2D eigenvalue weighted by atomic mass is 31.1. The van der Waals surface area contributed by atoms with Gasteiger partial charge in [-0.05, 0) is 23.8 Å². The fourth-order valence-corrected chi connectivity index (χ4v) is 4.75. The topological polar surface area (TPSA) is 32.3 Å². The van der Waals surface area contributed by atoms with E-state index in [0.717, 1.165) is 20.4 Å². The largest absolute Gasteiger partial charge is 0.824 e. The molecule has 0 spiro atoms. The second-order valence-electron chi connectivity index (χ2n) is 8.78. The van der Waals surface area contributed by atoms with Gasteiger partial charge in [-0.15, -0.1) is 13.7 Å². The van der Waals surface area contributed by atoms with Crippen molar-refractivity contribution in [1.82, 2.24) is 0 Å². The van der Waals surface area contributed by atoms with Crippen LogP contribution in [-0.2, 0) is 4.74 Å². The molecule has 0 fully saturated rings. The van der Waals surface area contributed by atoms with Crippen molar-refractivity contribution in [2.75, 3.05) is 6.61 Å². The van der Waals surface area contributed by atoms with Gasteiger partial charge in [0, 0.05) is 17.2 Å². The molecule has 2 rings (SSSR count). The van der Waals surface area contributed by atoms with E-state index in [1.54, 1.807) is 0 Å². The third-order valence-corrected chi connectivity index (χ3v) is 7.78. The molecule has 25 heavy (non-hydrogen) atoms. The van der Waals surface area contributed by atoms with Crippen molar-refractivity contribution < 1.29 is 9.84 Å².